The molecule has 112 valence electrons. The number of aryl methyl sites for hydroxylation is 1. The van der Waals surface area contributed by atoms with E-state index in [2.05, 4.69) is 10.00 Å². The fourth-order valence-corrected chi connectivity index (χ4v) is 2.32. The number of rotatable bonds is 6. The van der Waals surface area contributed by atoms with Crippen LogP contribution in [0.4, 0.5) is 11.4 Å². The molecule has 1 heterocycles. The Balaban J connectivity index is 2.14. The molecule has 2 aromatic rings. The second-order valence-electron chi connectivity index (χ2n) is 4.85. The summed E-state index contributed by atoms with van der Waals surface area (Å²) in [6.07, 6.45) is 2.63. The zero-order chi connectivity index (χ0) is 15.4. The topological polar surface area (TPSA) is 84.4 Å². The fourth-order valence-electron chi connectivity index (χ4n) is 2.32. The van der Waals surface area contributed by atoms with Gasteiger partial charge >= 0.3 is 5.97 Å². The molecular weight excluding hydrogens is 268 g/mol. The average Bonchev–Trinajstić information content (AvgIpc) is 2.86. The van der Waals surface area contributed by atoms with Crippen LogP contribution in [0.5, 0.6) is 0 Å². The Kier molecular flexibility index (Phi) is 4.47. The van der Waals surface area contributed by atoms with Gasteiger partial charge in [0.2, 0.25) is 0 Å². The molecule has 1 aromatic heterocycles. The molecule has 2 rings (SSSR count). The molecule has 6 nitrogen and oxygen atoms in total. The molecule has 21 heavy (non-hydrogen) atoms. The Morgan fingerprint density at radius 3 is 2.71 bits per heavy atom. The first-order valence-electron chi connectivity index (χ1n) is 6.87. The third-order valence-corrected chi connectivity index (χ3v) is 3.56. The molecule has 3 N–H and O–H groups in total. The number of nitrogen functional groups attached to an aromatic ring is 1. The van der Waals surface area contributed by atoms with Gasteiger partial charge in [-0.2, -0.15) is 5.10 Å². The van der Waals surface area contributed by atoms with Gasteiger partial charge in [-0.3, -0.25) is 4.68 Å². The van der Waals surface area contributed by atoms with Gasteiger partial charge in [0.05, 0.1) is 16.9 Å². The van der Waals surface area contributed by atoms with Crippen LogP contribution in [0, 0.1) is 0 Å². The van der Waals surface area contributed by atoms with Crippen molar-refractivity contribution in [2.45, 2.75) is 13.3 Å². The predicted molar refractivity (Wildman–Crippen MR) is 82.6 cm³/mol. The summed E-state index contributed by atoms with van der Waals surface area (Å²) in [5, 5.41) is 13.1. The van der Waals surface area contributed by atoms with Crippen molar-refractivity contribution in [2.24, 2.45) is 7.05 Å². The van der Waals surface area contributed by atoms with Gasteiger partial charge in [0.25, 0.3) is 0 Å². The van der Waals surface area contributed by atoms with Crippen LogP contribution in [0.2, 0.25) is 0 Å². The second kappa shape index (κ2) is 6.30. The SMILES string of the molecule is CCN(CCc1ccnn1C)c1ccc(C(=O)O)cc1N. The second-order valence-corrected chi connectivity index (χ2v) is 4.85. The number of aromatic carboxylic acids is 1. The first-order valence-corrected chi connectivity index (χ1v) is 6.87. The lowest BCUT2D eigenvalue weighted by atomic mass is 10.1. The first-order chi connectivity index (χ1) is 10.0. The lowest BCUT2D eigenvalue weighted by Gasteiger charge is -2.24. The third-order valence-electron chi connectivity index (χ3n) is 3.56. The minimum absolute atomic E-state index is 0.207. The van der Waals surface area contributed by atoms with Crippen molar-refractivity contribution in [3.63, 3.8) is 0 Å². The number of anilines is 2. The number of hydrogen-bond acceptors (Lipinski definition) is 4. The molecule has 0 aliphatic heterocycles. The maximum atomic E-state index is 10.9. The number of likely N-dealkylation sites (N-methyl/N-ethyl adjacent to an activating group) is 1. The smallest absolute Gasteiger partial charge is 0.335 e. The van der Waals surface area contributed by atoms with E-state index in [-0.39, 0.29) is 5.56 Å². The van der Waals surface area contributed by atoms with E-state index in [1.165, 1.54) is 6.07 Å². The van der Waals surface area contributed by atoms with Crippen LogP contribution in [0.1, 0.15) is 23.0 Å². The molecule has 0 radical (unpaired) electrons. The van der Waals surface area contributed by atoms with Crippen LogP contribution in [0.3, 0.4) is 0 Å². The van der Waals surface area contributed by atoms with Crippen molar-refractivity contribution < 1.29 is 9.90 Å². The fraction of sp³-hybridized carbons (Fsp3) is 0.333. The van der Waals surface area contributed by atoms with Crippen molar-refractivity contribution in [1.29, 1.82) is 0 Å². The molecule has 0 aliphatic carbocycles. The van der Waals surface area contributed by atoms with Crippen molar-refractivity contribution in [2.75, 3.05) is 23.7 Å². The van der Waals surface area contributed by atoms with E-state index >= 15 is 0 Å². The van der Waals surface area contributed by atoms with Gasteiger partial charge in [-0.05, 0) is 31.2 Å². The summed E-state index contributed by atoms with van der Waals surface area (Å²) in [4.78, 5) is 13.1. The minimum atomic E-state index is -0.966. The zero-order valence-corrected chi connectivity index (χ0v) is 12.3. The predicted octanol–water partition coefficient (Wildman–Crippen LogP) is 1.77. The van der Waals surface area contributed by atoms with Crippen molar-refractivity contribution in [1.82, 2.24) is 9.78 Å². The molecule has 0 atom stereocenters. The highest BCUT2D eigenvalue weighted by Gasteiger charge is 2.12. The number of benzene rings is 1. The largest absolute Gasteiger partial charge is 0.478 e. The van der Waals surface area contributed by atoms with Gasteiger partial charge in [0, 0.05) is 38.4 Å². The highest BCUT2D eigenvalue weighted by atomic mass is 16.4. The van der Waals surface area contributed by atoms with Crippen molar-refractivity contribution in [3.05, 3.63) is 41.7 Å². The first kappa shape index (κ1) is 14.9. The molecule has 0 saturated heterocycles. The maximum absolute atomic E-state index is 10.9. The molecule has 0 aliphatic rings. The Morgan fingerprint density at radius 1 is 1.43 bits per heavy atom. The summed E-state index contributed by atoms with van der Waals surface area (Å²) in [5.74, 6) is -0.966. The van der Waals surface area contributed by atoms with Gasteiger partial charge in [0.1, 0.15) is 0 Å². The molecule has 1 aromatic carbocycles. The zero-order valence-electron chi connectivity index (χ0n) is 12.3. The Bertz CT molecular complexity index is 636. The van der Waals surface area contributed by atoms with Gasteiger partial charge in [-0.15, -0.1) is 0 Å². The van der Waals surface area contributed by atoms with E-state index in [0.29, 0.717) is 5.69 Å². The van der Waals surface area contributed by atoms with E-state index < -0.39 is 5.97 Å². The van der Waals surface area contributed by atoms with Gasteiger partial charge in [-0.25, -0.2) is 4.79 Å². The van der Waals surface area contributed by atoms with E-state index in [4.69, 9.17) is 10.8 Å². The van der Waals surface area contributed by atoms with Crippen LogP contribution in [0.15, 0.2) is 30.5 Å². The van der Waals surface area contributed by atoms with Crippen LogP contribution in [0.25, 0.3) is 0 Å². The van der Waals surface area contributed by atoms with E-state index in [0.717, 1.165) is 30.9 Å². The minimum Gasteiger partial charge on any atom is -0.478 e. The third kappa shape index (κ3) is 3.34. The summed E-state index contributed by atoms with van der Waals surface area (Å²) >= 11 is 0. The van der Waals surface area contributed by atoms with Crippen molar-refractivity contribution in [3.8, 4) is 0 Å². The van der Waals surface area contributed by atoms with E-state index in [9.17, 15) is 4.79 Å². The lowest BCUT2D eigenvalue weighted by molar-refractivity contribution is 0.0697. The quantitative estimate of drug-likeness (QED) is 0.791. The van der Waals surface area contributed by atoms with Crippen LogP contribution in [-0.4, -0.2) is 33.9 Å². The van der Waals surface area contributed by atoms with Gasteiger partial charge < -0.3 is 15.7 Å². The molecule has 0 spiro atoms. The highest BCUT2D eigenvalue weighted by molar-refractivity contribution is 5.90. The Labute approximate surface area is 123 Å². The Morgan fingerprint density at radius 2 is 2.19 bits per heavy atom. The van der Waals surface area contributed by atoms with Gasteiger partial charge in [0.15, 0.2) is 0 Å². The van der Waals surface area contributed by atoms with E-state index in [1.807, 2.05) is 24.7 Å². The normalized spacial score (nSPS) is 10.6. The standard InChI is InChI=1S/C15H20N4O2/c1-3-19(9-7-12-6-8-17-18(12)2)14-5-4-11(15(20)21)10-13(14)16/h4-6,8,10H,3,7,9,16H2,1-2H3,(H,20,21). The Hall–Kier alpha value is -2.50. The number of hydrogen-bond donors (Lipinski definition) is 2. The maximum Gasteiger partial charge on any atom is 0.335 e. The molecular formula is C15H20N4O2. The summed E-state index contributed by atoms with van der Waals surface area (Å²) < 4.78 is 1.85. The molecule has 0 bridgehead atoms. The summed E-state index contributed by atoms with van der Waals surface area (Å²) in [6, 6.07) is 6.85. The van der Waals surface area contributed by atoms with Crippen LogP contribution >= 0.6 is 0 Å². The number of nitrogens with two attached hydrogens (primary N) is 1. The van der Waals surface area contributed by atoms with Gasteiger partial charge in [-0.1, -0.05) is 0 Å². The van der Waals surface area contributed by atoms with Crippen LogP contribution < -0.4 is 10.6 Å². The molecule has 0 unspecified atom stereocenters. The summed E-state index contributed by atoms with van der Waals surface area (Å²) in [7, 11) is 1.92. The molecule has 0 amide bonds. The molecule has 0 fully saturated rings. The molecule has 0 saturated carbocycles. The number of carboxylic acid groups (broad SMARTS) is 1. The number of nitrogens with zero attached hydrogens (tertiary/aromatic N) is 3. The number of aromatic nitrogens is 2. The highest BCUT2D eigenvalue weighted by Crippen LogP contribution is 2.24. The summed E-state index contributed by atoms with van der Waals surface area (Å²) in [5.41, 5.74) is 8.70. The molecule has 6 heteroatoms. The lowest BCUT2D eigenvalue weighted by Crippen LogP contribution is -2.27. The van der Waals surface area contributed by atoms with Crippen LogP contribution in [-0.2, 0) is 13.5 Å². The monoisotopic (exact) mass is 288 g/mol. The van der Waals surface area contributed by atoms with Crippen molar-refractivity contribution >= 4 is 17.3 Å². The van der Waals surface area contributed by atoms with E-state index in [1.54, 1.807) is 18.3 Å². The number of carbonyl (C=O) groups is 1. The summed E-state index contributed by atoms with van der Waals surface area (Å²) in [6.45, 7) is 3.65. The number of carboxylic acids is 1. The average molecular weight is 288 g/mol.